The predicted molar refractivity (Wildman–Crippen MR) is 69.6 cm³/mol. The third kappa shape index (κ3) is 5.31. The molecule has 2 nitrogen and oxygen atoms in total. The van der Waals surface area contributed by atoms with E-state index < -0.39 is 0 Å². The summed E-state index contributed by atoms with van der Waals surface area (Å²) in [6.07, 6.45) is 8.48. The van der Waals surface area contributed by atoms with Crippen LogP contribution in [0.15, 0.2) is 0 Å². The summed E-state index contributed by atoms with van der Waals surface area (Å²) in [5.41, 5.74) is 0. The average molecular weight is 227 g/mol. The molecule has 0 aliphatic carbocycles. The lowest BCUT2D eigenvalue weighted by molar-refractivity contribution is 0.149. The molecule has 2 atom stereocenters. The molecule has 1 heterocycles. The lowest BCUT2D eigenvalue weighted by Gasteiger charge is -2.20. The van der Waals surface area contributed by atoms with Crippen molar-refractivity contribution < 1.29 is 5.11 Å². The first-order valence-electron chi connectivity index (χ1n) is 7.16. The first-order chi connectivity index (χ1) is 7.76. The Morgan fingerprint density at radius 3 is 2.75 bits per heavy atom. The quantitative estimate of drug-likeness (QED) is 0.754. The summed E-state index contributed by atoms with van der Waals surface area (Å²) in [7, 11) is 0. The molecule has 1 saturated heterocycles. The molecule has 1 rings (SSSR count). The maximum atomic E-state index is 9.50. The van der Waals surface area contributed by atoms with Gasteiger partial charge in [-0.05, 0) is 64.1 Å². The van der Waals surface area contributed by atoms with Crippen LogP contribution in [0.1, 0.15) is 58.8 Å². The fraction of sp³-hybridized carbons (Fsp3) is 1.00. The number of rotatable bonds is 6. The minimum Gasteiger partial charge on any atom is -0.393 e. The van der Waals surface area contributed by atoms with E-state index in [2.05, 4.69) is 18.7 Å². The van der Waals surface area contributed by atoms with Gasteiger partial charge in [-0.1, -0.05) is 20.3 Å². The van der Waals surface area contributed by atoms with Gasteiger partial charge in [0.05, 0.1) is 6.10 Å². The van der Waals surface area contributed by atoms with Crippen LogP contribution in [0.4, 0.5) is 0 Å². The van der Waals surface area contributed by atoms with Crippen LogP contribution < -0.4 is 0 Å². The molecule has 0 spiro atoms. The maximum absolute atomic E-state index is 9.50. The third-order valence-corrected chi connectivity index (χ3v) is 4.00. The number of hydrogen-bond donors (Lipinski definition) is 1. The minimum absolute atomic E-state index is 0.0737. The fourth-order valence-corrected chi connectivity index (χ4v) is 2.61. The van der Waals surface area contributed by atoms with E-state index in [4.69, 9.17) is 0 Å². The van der Waals surface area contributed by atoms with Gasteiger partial charge in [0, 0.05) is 0 Å². The second kappa shape index (κ2) is 8.08. The van der Waals surface area contributed by atoms with E-state index in [0.717, 1.165) is 25.2 Å². The van der Waals surface area contributed by atoms with Gasteiger partial charge >= 0.3 is 0 Å². The first-order valence-corrected chi connectivity index (χ1v) is 7.16. The van der Waals surface area contributed by atoms with Crippen molar-refractivity contribution in [2.75, 3.05) is 19.6 Å². The van der Waals surface area contributed by atoms with Crippen LogP contribution in [0.3, 0.4) is 0 Å². The molecule has 2 unspecified atom stereocenters. The monoisotopic (exact) mass is 227 g/mol. The number of hydrogen-bond acceptors (Lipinski definition) is 2. The largest absolute Gasteiger partial charge is 0.393 e. The second-order valence-corrected chi connectivity index (χ2v) is 5.25. The molecule has 0 saturated carbocycles. The highest BCUT2D eigenvalue weighted by Crippen LogP contribution is 2.20. The number of nitrogens with zero attached hydrogens (tertiary/aromatic N) is 1. The van der Waals surface area contributed by atoms with Gasteiger partial charge in [-0.15, -0.1) is 0 Å². The van der Waals surface area contributed by atoms with E-state index in [1.807, 2.05) is 0 Å². The van der Waals surface area contributed by atoms with Crippen LogP contribution in [0.25, 0.3) is 0 Å². The van der Waals surface area contributed by atoms with E-state index in [-0.39, 0.29) is 6.10 Å². The molecule has 16 heavy (non-hydrogen) atoms. The van der Waals surface area contributed by atoms with Crippen LogP contribution >= 0.6 is 0 Å². The van der Waals surface area contributed by atoms with Gasteiger partial charge in [0.25, 0.3) is 0 Å². The molecule has 1 N–H and O–H groups in total. The van der Waals surface area contributed by atoms with Crippen molar-refractivity contribution in [3.05, 3.63) is 0 Å². The Kier molecular flexibility index (Phi) is 7.06. The standard InChI is InChI=1S/C14H29NO/c1-3-13-7-5-10-15(12-9-13)11-6-8-14(16)4-2/h13-14,16H,3-12H2,1-2H3. The van der Waals surface area contributed by atoms with Crippen molar-refractivity contribution in [2.24, 2.45) is 5.92 Å². The molecule has 0 aromatic heterocycles. The van der Waals surface area contributed by atoms with Crippen LogP contribution in [0, 0.1) is 5.92 Å². The highest BCUT2D eigenvalue weighted by Gasteiger charge is 2.15. The van der Waals surface area contributed by atoms with Crippen LogP contribution in [-0.4, -0.2) is 35.7 Å². The summed E-state index contributed by atoms with van der Waals surface area (Å²) < 4.78 is 0. The fourth-order valence-electron chi connectivity index (χ4n) is 2.61. The van der Waals surface area contributed by atoms with Crippen LogP contribution in [-0.2, 0) is 0 Å². The molecular weight excluding hydrogens is 198 g/mol. The zero-order chi connectivity index (χ0) is 11.8. The highest BCUT2D eigenvalue weighted by molar-refractivity contribution is 4.69. The van der Waals surface area contributed by atoms with Crippen molar-refractivity contribution in [3.8, 4) is 0 Å². The summed E-state index contributed by atoms with van der Waals surface area (Å²) >= 11 is 0. The molecule has 0 aromatic carbocycles. The molecule has 1 fully saturated rings. The third-order valence-electron chi connectivity index (χ3n) is 4.00. The Hall–Kier alpha value is -0.0800. The topological polar surface area (TPSA) is 23.5 Å². The lowest BCUT2D eigenvalue weighted by Crippen LogP contribution is -2.26. The Labute approximate surface area is 101 Å². The summed E-state index contributed by atoms with van der Waals surface area (Å²) in [6.45, 7) is 8.12. The molecule has 0 aromatic rings. The first kappa shape index (κ1) is 14.0. The zero-order valence-corrected chi connectivity index (χ0v) is 11.1. The zero-order valence-electron chi connectivity index (χ0n) is 11.1. The lowest BCUT2D eigenvalue weighted by atomic mass is 9.98. The van der Waals surface area contributed by atoms with Crippen molar-refractivity contribution in [1.82, 2.24) is 4.90 Å². The van der Waals surface area contributed by atoms with Gasteiger partial charge < -0.3 is 10.0 Å². The molecule has 96 valence electrons. The molecule has 0 bridgehead atoms. The van der Waals surface area contributed by atoms with Gasteiger partial charge in [-0.25, -0.2) is 0 Å². The SMILES string of the molecule is CCC(O)CCCN1CCCC(CC)CC1. The molecule has 2 heteroatoms. The van der Waals surface area contributed by atoms with Gasteiger partial charge in [-0.3, -0.25) is 0 Å². The Balaban J connectivity index is 2.12. The van der Waals surface area contributed by atoms with Crippen LogP contribution in [0.2, 0.25) is 0 Å². The summed E-state index contributed by atoms with van der Waals surface area (Å²) in [4.78, 5) is 2.60. The van der Waals surface area contributed by atoms with Gasteiger partial charge in [0.2, 0.25) is 0 Å². The molecule has 0 amide bonds. The van der Waals surface area contributed by atoms with E-state index >= 15 is 0 Å². The van der Waals surface area contributed by atoms with Crippen molar-refractivity contribution >= 4 is 0 Å². The molecular formula is C14H29NO. The Morgan fingerprint density at radius 1 is 1.25 bits per heavy atom. The van der Waals surface area contributed by atoms with Crippen LogP contribution in [0.5, 0.6) is 0 Å². The Morgan fingerprint density at radius 2 is 2.06 bits per heavy atom. The van der Waals surface area contributed by atoms with Gasteiger partial charge in [0.1, 0.15) is 0 Å². The molecule has 1 aliphatic rings. The smallest absolute Gasteiger partial charge is 0.0538 e. The summed E-state index contributed by atoms with van der Waals surface area (Å²) in [5, 5.41) is 9.50. The van der Waals surface area contributed by atoms with Crippen molar-refractivity contribution in [1.29, 1.82) is 0 Å². The highest BCUT2D eigenvalue weighted by atomic mass is 16.3. The minimum atomic E-state index is -0.0737. The normalized spacial score (nSPS) is 25.3. The van der Waals surface area contributed by atoms with E-state index in [9.17, 15) is 5.11 Å². The second-order valence-electron chi connectivity index (χ2n) is 5.25. The van der Waals surface area contributed by atoms with Crippen molar-refractivity contribution in [2.45, 2.75) is 64.9 Å². The van der Waals surface area contributed by atoms with Gasteiger partial charge in [-0.2, -0.15) is 0 Å². The van der Waals surface area contributed by atoms with Crippen molar-refractivity contribution in [3.63, 3.8) is 0 Å². The maximum Gasteiger partial charge on any atom is 0.0538 e. The molecule has 0 radical (unpaired) electrons. The summed E-state index contributed by atoms with van der Waals surface area (Å²) in [6, 6.07) is 0. The van der Waals surface area contributed by atoms with E-state index in [1.165, 1.54) is 45.3 Å². The number of likely N-dealkylation sites (tertiary alicyclic amines) is 1. The van der Waals surface area contributed by atoms with E-state index in [0.29, 0.717) is 0 Å². The Bertz CT molecular complexity index is 172. The number of aliphatic hydroxyl groups excluding tert-OH is 1. The molecule has 1 aliphatic heterocycles. The predicted octanol–water partition coefficient (Wildman–Crippen LogP) is 3.05. The average Bonchev–Trinajstić information content (AvgIpc) is 2.54. The van der Waals surface area contributed by atoms with E-state index in [1.54, 1.807) is 0 Å². The van der Waals surface area contributed by atoms with Gasteiger partial charge in [0.15, 0.2) is 0 Å². The number of aliphatic hydroxyl groups is 1. The summed E-state index contributed by atoms with van der Waals surface area (Å²) in [5.74, 6) is 0.964.